The summed E-state index contributed by atoms with van der Waals surface area (Å²) in [4.78, 5) is 13.7. The van der Waals surface area contributed by atoms with E-state index in [1.54, 1.807) is 24.1 Å². The number of amides is 1. The molecule has 2 aliphatic rings. The van der Waals surface area contributed by atoms with Crippen LogP contribution in [-0.2, 0) is 30.7 Å². The summed E-state index contributed by atoms with van der Waals surface area (Å²) >= 11 is 12.2. The Hall–Kier alpha value is -2.15. The molecule has 2 heterocycles. The van der Waals surface area contributed by atoms with Crippen LogP contribution in [0.4, 0.5) is 4.79 Å². The number of fused-ring (bicyclic) bond motifs is 2. The van der Waals surface area contributed by atoms with Crippen molar-refractivity contribution in [3.63, 3.8) is 0 Å². The summed E-state index contributed by atoms with van der Waals surface area (Å²) in [5.74, 6) is 0.869. The molecular weight excluding hydrogens is 451 g/mol. The molecule has 2 aromatic rings. The van der Waals surface area contributed by atoms with Crippen molar-refractivity contribution in [2.45, 2.75) is 52.3 Å². The lowest BCUT2D eigenvalue weighted by Gasteiger charge is -2.31. The van der Waals surface area contributed by atoms with Crippen LogP contribution in [0.25, 0.3) is 0 Å². The molecule has 2 aliphatic heterocycles. The average molecular weight is 481 g/mol. The predicted molar refractivity (Wildman–Crippen MR) is 127 cm³/mol. The summed E-state index contributed by atoms with van der Waals surface area (Å²) in [6, 6.07) is 7.35. The SMILES string of the molecule is CC(C)(C)OC(=O)N1CCc2c(ccc(O)c2Cl)C1.COc1ccc2c(c1Cl)CCNC2. The lowest BCUT2D eigenvalue weighted by molar-refractivity contribution is 0.0224. The van der Waals surface area contributed by atoms with Crippen molar-refractivity contribution in [2.75, 3.05) is 20.2 Å². The summed E-state index contributed by atoms with van der Waals surface area (Å²) < 4.78 is 10.5. The fourth-order valence-electron chi connectivity index (χ4n) is 3.75. The average Bonchev–Trinajstić information content (AvgIpc) is 2.76. The molecule has 0 atom stereocenters. The lowest BCUT2D eigenvalue weighted by Crippen LogP contribution is -2.39. The zero-order valence-corrected chi connectivity index (χ0v) is 20.4. The monoisotopic (exact) mass is 480 g/mol. The van der Waals surface area contributed by atoms with E-state index in [9.17, 15) is 9.90 Å². The van der Waals surface area contributed by atoms with E-state index in [1.165, 1.54) is 11.1 Å². The summed E-state index contributed by atoms with van der Waals surface area (Å²) in [6.45, 7) is 8.46. The fourth-order valence-corrected chi connectivity index (χ4v) is 4.39. The van der Waals surface area contributed by atoms with Crippen molar-refractivity contribution in [1.82, 2.24) is 10.2 Å². The van der Waals surface area contributed by atoms with E-state index in [1.807, 2.05) is 26.8 Å². The molecule has 32 heavy (non-hydrogen) atoms. The summed E-state index contributed by atoms with van der Waals surface area (Å²) in [6.07, 6.45) is 1.30. The second kappa shape index (κ2) is 10.2. The molecule has 1 amide bonds. The number of phenols is 1. The van der Waals surface area contributed by atoms with Crippen LogP contribution in [0.2, 0.25) is 10.0 Å². The highest BCUT2D eigenvalue weighted by Gasteiger charge is 2.27. The number of methoxy groups -OCH3 is 1. The second-order valence-corrected chi connectivity index (χ2v) is 9.59. The third kappa shape index (κ3) is 5.80. The first kappa shape index (κ1) is 24.5. The van der Waals surface area contributed by atoms with Crippen molar-refractivity contribution in [1.29, 1.82) is 0 Å². The van der Waals surface area contributed by atoms with E-state index in [-0.39, 0.29) is 11.8 Å². The van der Waals surface area contributed by atoms with Gasteiger partial charge in [0.2, 0.25) is 0 Å². The third-order valence-corrected chi connectivity index (χ3v) is 6.19. The van der Waals surface area contributed by atoms with E-state index in [0.717, 1.165) is 41.4 Å². The maximum absolute atomic E-state index is 12.0. The van der Waals surface area contributed by atoms with Crippen LogP contribution in [0.15, 0.2) is 24.3 Å². The van der Waals surface area contributed by atoms with E-state index in [0.29, 0.717) is 24.5 Å². The molecule has 2 aromatic carbocycles. The second-order valence-electron chi connectivity index (χ2n) is 8.83. The number of ether oxygens (including phenoxy) is 2. The number of benzene rings is 2. The smallest absolute Gasteiger partial charge is 0.410 e. The lowest BCUT2D eigenvalue weighted by atomic mass is 9.99. The van der Waals surface area contributed by atoms with Gasteiger partial charge < -0.3 is 24.8 Å². The van der Waals surface area contributed by atoms with Gasteiger partial charge in [-0.15, -0.1) is 0 Å². The van der Waals surface area contributed by atoms with E-state index in [2.05, 4.69) is 11.4 Å². The Morgan fingerprint density at radius 2 is 1.75 bits per heavy atom. The third-order valence-electron chi connectivity index (χ3n) is 5.36. The number of rotatable bonds is 1. The Labute approximate surface area is 199 Å². The number of phenolic OH excluding ortho intramolecular Hbond substituents is 1. The molecule has 0 unspecified atom stereocenters. The van der Waals surface area contributed by atoms with Crippen LogP contribution >= 0.6 is 23.2 Å². The van der Waals surface area contributed by atoms with Crippen molar-refractivity contribution in [3.05, 3.63) is 56.6 Å². The van der Waals surface area contributed by atoms with Gasteiger partial charge in [-0.2, -0.15) is 0 Å². The minimum absolute atomic E-state index is 0.0890. The molecule has 0 saturated heterocycles. The molecule has 0 saturated carbocycles. The van der Waals surface area contributed by atoms with Gasteiger partial charge >= 0.3 is 6.09 Å². The summed E-state index contributed by atoms with van der Waals surface area (Å²) in [7, 11) is 1.65. The molecule has 0 spiro atoms. The quantitative estimate of drug-likeness (QED) is 0.576. The number of hydrogen-bond acceptors (Lipinski definition) is 5. The summed E-state index contributed by atoms with van der Waals surface area (Å²) in [5.41, 5.74) is 3.91. The Bertz CT molecular complexity index is 989. The maximum atomic E-state index is 12.0. The number of hydrogen-bond donors (Lipinski definition) is 2. The van der Waals surface area contributed by atoms with Gasteiger partial charge in [-0.3, -0.25) is 0 Å². The van der Waals surface area contributed by atoms with Gasteiger partial charge in [0.15, 0.2) is 0 Å². The molecule has 4 rings (SSSR count). The Morgan fingerprint density at radius 3 is 2.44 bits per heavy atom. The molecule has 174 valence electrons. The Balaban J connectivity index is 0.000000193. The standard InChI is InChI=1S/C14H18ClNO3.C10H12ClNO/c1-14(2,3)19-13(18)16-7-6-10-9(8-16)4-5-11(17)12(10)15;1-13-9-3-2-7-6-12-5-4-8(7)10(9)11/h4-5,17H,6-8H2,1-3H3;2-3,12H,4-6H2,1H3. The number of halogens is 2. The van der Waals surface area contributed by atoms with Gasteiger partial charge in [-0.1, -0.05) is 35.3 Å². The maximum Gasteiger partial charge on any atom is 0.410 e. The van der Waals surface area contributed by atoms with E-state index >= 15 is 0 Å². The highest BCUT2D eigenvalue weighted by atomic mass is 35.5. The molecule has 0 bridgehead atoms. The molecule has 0 radical (unpaired) electrons. The highest BCUT2D eigenvalue weighted by molar-refractivity contribution is 6.33. The predicted octanol–water partition coefficient (Wildman–Crippen LogP) is 5.33. The summed E-state index contributed by atoms with van der Waals surface area (Å²) in [5, 5.41) is 14.0. The number of aromatic hydroxyl groups is 1. The molecule has 2 N–H and O–H groups in total. The minimum Gasteiger partial charge on any atom is -0.506 e. The van der Waals surface area contributed by atoms with Crippen LogP contribution in [0.1, 0.15) is 43.0 Å². The Kier molecular flexibility index (Phi) is 7.80. The fraction of sp³-hybridized carbons (Fsp3) is 0.458. The van der Waals surface area contributed by atoms with Crippen LogP contribution in [0, 0.1) is 0 Å². The van der Waals surface area contributed by atoms with E-state index < -0.39 is 5.60 Å². The van der Waals surface area contributed by atoms with Gasteiger partial charge in [0.1, 0.15) is 17.1 Å². The molecule has 8 heteroatoms. The number of nitrogens with one attached hydrogen (secondary N) is 1. The van der Waals surface area contributed by atoms with Gasteiger partial charge in [0.05, 0.1) is 17.2 Å². The Morgan fingerprint density at radius 1 is 1.06 bits per heavy atom. The molecule has 6 nitrogen and oxygen atoms in total. The van der Waals surface area contributed by atoms with Crippen LogP contribution < -0.4 is 10.1 Å². The first-order valence-corrected chi connectivity index (χ1v) is 11.4. The largest absolute Gasteiger partial charge is 0.506 e. The zero-order chi connectivity index (χ0) is 23.5. The number of nitrogens with zero attached hydrogens (tertiary/aromatic N) is 1. The van der Waals surface area contributed by atoms with Gasteiger partial charge in [-0.25, -0.2) is 4.79 Å². The van der Waals surface area contributed by atoms with Crippen molar-refractivity contribution in [3.8, 4) is 11.5 Å². The van der Waals surface area contributed by atoms with Crippen LogP contribution in [-0.4, -0.2) is 41.9 Å². The molecule has 0 aromatic heterocycles. The first-order valence-electron chi connectivity index (χ1n) is 10.6. The van der Waals surface area contributed by atoms with Gasteiger partial charge in [0, 0.05) is 19.6 Å². The number of carbonyl (C=O) groups is 1. The molecule has 0 aliphatic carbocycles. The number of carbonyl (C=O) groups excluding carboxylic acids is 1. The normalized spacial score (nSPS) is 15.1. The van der Waals surface area contributed by atoms with E-state index in [4.69, 9.17) is 32.7 Å². The van der Waals surface area contributed by atoms with Crippen molar-refractivity contribution < 1.29 is 19.4 Å². The topological polar surface area (TPSA) is 71.0 Å². The van der Waals surface area contributed by atoms with Crippen LogP contribution in [0.3, 0.4) is 0 Å². The van der Waals surface area contributed by atoms with Crippen LogP contribution in [0.5, 0.6) is 11.5 Å². The van der Waals surface area contributed by atoms with Gasteiger partial charge in [0.25, 0.3) is 0 Å². The molecule has 0 fully saturated rings. The molecular formula is C24H30Cl2N2O4. The van der Waals surface area contributed by atoms with Crippen molar-refractivity contribution >= 4 is 29.3 Å². The minimum atomic E-state index is -0.496. The highest BCUT2D eigenvalue weighted by Crippen LogP contribution is 2.34. The first-order chi connectivity index (χ1) is 15.1. The zero-order valence-electron chi connectivity index (χ0n) is 18.9. The van der Waals surface area contributed by atoms with Crippen molar-refractivity contribution in [2.24, 2.45) is 0 Å². The van der Waals surface area contributed by atoms with Gasteiger partial charge in [-0.05, 0) is 74.5 Å².